The first kappa shape index (κ1) is 21.2. The number of piperazine rings is 1. The summed E-state index contributed by atoms with van der Waals surface area (Å²) < 4.78 is 40.2. The van der Waals surface area contributed by atoms with E-state index < -0.39 is 30.2 Å². The van der Waals surface area contributed by atoms with Crippen LogP contribution in [0.2, 0.25) is 0 Å². The molecule has 1 amide bonds. The smallest absolute Gasteiger partial charge is 0.350 e. The molecule has 1 saturated heterocycles. The van der Waals surface area contributed by atoms with Gasteiger partial charge in [-0.2, -0.15) is 13.2 Å². The zero-order valence-electron chi connectivity index (χ0n) is 14.3. The van der Waals surface area contributed by atoms with Crippen molar-refractivity contribution in [1.82, 2.24) is 20.5 Å². The van der Waals surface area contributed by atoms with Crippen LogP contribution in [0.1, 0.15) is 10.4 Å². The summed E-state index contributed by atoms with van der Waals surface area (Å²) in [6, 6.07) is 6.00. The zero-order valence-corrected chi connectivity index (χ0v) is 15.1. The largest absolute Gasteiger partial charge is 0.405 e. The molecule has 1 atom stereocenters. The van der Waals surface area contributed by atoms with Crippen molar-refractivity contribution in [2.45, 2.75) is 12.2 Å². The van der Waals surface area contributed by atoms with Crippen molar-refractivity contribution < 1.29 is 18.0 Å². The fourth-order valence-corrected chi connectivity index (χ4v) is 3.12. The van der Waals surface area contributed by atoms with Gasteiger partial charge < -0.3 is 15.6 Å². The van der Waals surface area contributed by atoms with Gasteiger partial charge in [-0.3, -0.25) is 14.5 Å². The molecule has 3 N–H and O–H groups in total. The first-order valence-corrected chi connectivity index (χ1v) is 8.28. The lowest BCUT2D eigenvalue weighted by atomic mass is 10.1. The molecule has 10 heteroatoms. The van der Waals surface area contributed by atoms with Crippen molar-refractivity contribution in [3.63, 3.8) is 0 Å². The lowest BCUT2D eigenvalue weighted by Gasteiger charge is -2.35. The number of hydrogen-bond acceptors (Lipinski definition) is 4. The summed E-state index contributed by atoms with van der Waals surface area (Å²) in [7, 11) is 0. The van der Waals surface area contributed by atoms with Crippen LogP contribution < -0.4 is 16.2 Å². The Kier molecular flexibility index (Phi) is 6.85. The van der Waals surface area contributed by atoms with Gasteiger partial charge in [-0.25, -0.2) is 0 Å². The number of aromatic amines is 1. The van der Waals surface area contributed by atoms with Gasteiger partial charge in [-0.05, 0) is 6.07 Å². The molecule has 1 aliphatic heterocycles. The van der Waals surface area contributed by atoms with Crippen molar-refractivity contribution in [2.75, 3.05) is 32.7 Å². The number of benzene rings is 1. The van der Waals surface area contributed by atoms with Crippen molar-refractivity contribution in [2.24, 2.45) is 0 Å². The van der Waals surface area contributed by atoms with Gasteiger partial charge in [-0.1, -0.05) is 18.2 Å². The number of H-pyrrole nitrogens is 1. The standard InChI is InChI=1S/C17H19F3N4O2.ClH/c18-17(19,20)14(24-7-5-21-6-8-24)10-22-16(26)12-9-15(25)23-13-4-2-1-3-11(12)13;/h1-4,9,14,21H,5-8,10H2,(H,22,26)(H,23,25);1H. The summed E-state index contributed by atoms with van der Waals surface area (Å²) in [4.78, 5) is 28.1. The van der Waals surface area contributed by atoms with Crippen molar-refractivity contribution in [3.05, 3.63) is 46.2 Å². The van der Waals surface area contributed by atoms with Crippen LogP contribution in [0.5, 0.6) is 0 Å². The number of pyridine rings is 1. The number of aromatic nitrogens is 1. The molecular formula is C17H20ClF3N4O2. The number of carbonyl (C=O) groups excluding carboxylic acids is 1. The summed E-state index contributed by atoms with van der Waals surface area (Å²) in [6.45, 7) is 0.893. The van der Waals surface area contributed by atoms with Crippen LogP contribution in [0, 0.1) is 0 Å². The van der Waals surface area contributed by atoms with E-state index in [1.54, 1.807) is 24.3 Å². The number of rotatable bonds is 4. The second-order valence-electron chi connectivity index (χ2n) is 6.15. The van der Waals surface area contributed by atoms with Gasteiger partial charge in [0.25, 0.3) is 5.91 Å². The number of amides is 1. The highest BCUT2D eigenvalue weighted by Gasteiger charge is 2.43. The van der Waals surface area contributed by atoms with Gasteiger partial charge in [0.2, 0.25) is 5.56 Å². The molecule has 0 saturated carbocycles. The molecular weight excluding hydrogens is 385 g/mol. The molecule has 1 aromatic heterocycles. The van der Waals surface area contributed by atoms with Crippen LogP contribution in [0.4, 0.5) is 13.2 Å². The minimum atomic E-state index is -4.46. The minimum Gasteiger partial charge on any atom is -0.350 e. The molecule has 3 rings (SSSR count). The summed E-state index contributed by atoms with van der Waals surface area (Å²) in [6.07, 6.45) is -4.46. The Morgan fingerprint density at radius 1 is 1.22 bits per heavy atom. The highest BCUT2D eigenvalue weighted by Crippen LogP contribution is 2.25. The molecule has 1 aromatic carbocycles. The Hall–Kier alpha value is -2.10. The number of alkyl halides is 3. The quantitative estimate of drug-likeness (QED) is 0.722. The number of carbonyl (C=O) groups is 1. The summed E-state index contributed by atoms with van der Waals surface area (Å²) >= 11 is 0. The van der Waals surface area contributed by atoms with Gasteiger partial charge in [0.05, 0.1) is 5.56 Å². The molecule has 6 nitrogen and oxygen atoms in total. The van der Waals surface area contributed by atoms with E-state index in [-0.39, 0.29) is 31.1 Å². The second kappa shape index (κ2) is 8.73. The van der Waals surface area contributed by atoms with E-state index in [0.29, 0.717) is 24.0 Å². The van der Waals surface area contributed by atoms with E-state index in [9.17, 15) is 22.8 Å². The van der Waals surface area contributed by atoms with Gasteiger partial charge in [-0.15, -0.1) is 12.4 Å². The second-order valence-corrected chi connectivity index (χ2v) is 6.15. The molecule has 2 heterocycles. The molecule has 1 unspecified atom stereocenters. The van der Waals surface area contributed by atoms with E-state index in [0.717, 1.165) is 6.07 Å². The zero-order chi connectivity index (χ0) is 18.7. The lowest BCUT2D eigenvalue weighted by molar-refractivity contribution is -0.183. The van der Waals surface area contributed by atoms with E-state index >= 15 is 0 Å². The highest BCUT2D eigenvalue weighted by molar-refractivity contribution is 6.05. The van der Waals surface area contributed by atoms with Crippen molar-refractivity contribution >= 4 is 29.2 Å². The molecule has 0 radical (unpaired) electrons. The number of para-hydroxylation sites is 1. The normalized spacial score (nSPS) is 16.6. The Balaban J connectivity index is 0.00000261. The third kappa shape index (κ3) is 5.00. The van der Waals surface area contributed by atoms with Crippen LogP contribution in [-0.2, 0) is 0 Å². The van der Waals surface area contributed by atoms with Crippen LogP contribution in [0.3, 0.4) is 0 Å². The topological polar surface area (TPSA) is 77.2 Å². The number of nitrogens with one attached hydrogen (secondary N) is 3. The third-order valence-corrected chi connectivity index (χ3v) is 4.42. The SMILES string of the molecule is Cl.O=C(NCC(N1CCNCC1)C(F)(F)F)c1cc(=O)[nH]c2ccccc12. The summed E-state index contributed by atoms with van der Waals surface area (Å²) in [5.74, 6) is -0.698. The van der Waals surface area contributed by atoms with E-state index in [1.807, 2.05) is 0 Å². The van der Waals surface area contributed by atoms with Crippen molar-refractivity contribution in [1.29, 1.82) is 0 Å². The van der Waals surface area contributed by atoms with Crippen LogP contribution in [-0.4, -0.2) is 60.7 Å². The predicted octanol–water partition coefficient (Wildman–Crippen LogP) is 1.52. The number of fused-ring (bicyclic) bond motifs is 1. The van der Waals surface area contributed by atoms with Crippen molar-refractivity contribution in [3.8, 4) is 0 Å². The Labute approximate surface area is 159 Å². The predicted molar refractivity (Wildman–Crippen MR) is 98.4 cm³/mol. The van der Waals surface area contributed by atoms with Gasteiger partial charge >= 0.3 is 6.18 Å². The van der Waals surface area contributed by atoms with Gasteiger partial charge in [0.1, 0.15) is 6.04 Å². The highest BCUT2D eigenvalue weighted by atomic mass is 35.5. The Morgan fingerprint density at radius 3 is 2.56 bits per heavy atom. The Bertz CT molecular complexity index is 850. The molecule has 2 aromatic rings. The Morgan fingerprint density at radius 2 is 1.89 bits per heavy atom. The number of halogens is 4. The lowest BCUT2D eigenvalue weighted by Crippen LogP contribution is -2.57. The number of hydrogen-bond donors (Lipinski definition) is 3. The molecule has 1 aliphatic rings. The molecule has 148 valence electrons. The van der Waals surface area contributed by atoms with E-state index in [2.05, 4.69) is 15.6 Å². The molecule has 1 fully saturated rings. The van der Waals surface area contributed by atoms with E-state index in [4.69, 9.17) is 0 Å². The average molecular weight is 405 g/mol. The fraction of sp³-hybridized carbons (Fsp3) is 0.412. The maximum absolute atomic E-state index is 13.4. The van der Waals surface area contributed by atoms with Gasteiger partial charge in [0.15, 0.2) is 0 Å². The molecule has 27 heavy (non-hydrogen) atoms. The maximum atomic E-state index is 13.4. The van der Waals surface area contributed by atoms with E-state index in [1.165, 1.54) is 4.90 Å². The summed E-state index contributed by atoms with van der Waals surface area (Å²) in [5, 5.41) is 5.83. The van der Waals surface area contributed by atoms with Crippen LogP contribution >= 0.6 is 12.4 Å². The van der Waals surface area contributed by atoms with Gasteiger partial charge in [0, 0.05) is 49.7 Å². The maximum Gasteiger partial charge on any atom is 0.405 e. The molecule has 0 aliphatic carbocycles. The minimum absolute atomic E-state index is 0. The first-order chi connectivity index (χ1) is 12.4. The molecule has 0 spiro atoms. The first-order valence-electron chi connectivity index (χ1n) is 8.28. The average Bonchev–Trinajstić information content (AvgIpc) is 2.60. The molecule has 0 bridgehead atoms. The third-order valence-electron chi connectivity index (χ3n) is 4.42. The summed E-state index contributed by atoms with van der Waals surface area (Å²) in [5.41, 5.74) is 0.0357. The van der Waals surface area contributed by atoms with Crippen LogP contribution in [0.15, 0.2) is 35.1 Å². The van der Waals surface area contributed by atoms with Crippen LogP contribution in [0.25, 0.3) is 10.9 Å². The number of nitrogens with zero attached hydrogens (tertiary/aromatic N) is 1. The monoisotopic (exact) mass is 404 g/mol. The fourth-order valence-electron chi connectivity index (χ4n) is 3.12.